The molecule has 0 N–H and O–H groups in total. The lowest BCUT2D eigenvalue weighted by Gasteiger charge is -2.41. The molecule has 1 heterocycles. The molecule has 2 aromatic rings. The summed E-state index contributed by atoms with van der Waals surface area (Å²) in [6, 6.07) is 10.1. The number of ketones is 1. The second-order valence-electron chi connectivity index (χ2n) is 5.29. The van der Waals surface area contributed by atoms with Gasteiger partial charge in [-0.1, -0.05) is 36.8 Å². The van der Waals surface area contributed by atoms with Gasteiger partial charge in [0.2, 0.25) is 0 Å². The summed E-state index contributed by atoms with van der Waals surface area (Å²) in [4.78, 5) is 13.1. The van der Waals surface area contributed by atoms with Crippen molar-refractivity contribution in [2.75, 3.05) is 0 Å². The van der Waals surface area contributed by atoms with Crippen LogP contribution in [0.5, 0.6) is 0 Å². The molecule has 0 atom stereocenters. The van der Waals surface area contributed by atoms with Crippen LogP contribution in [0.3, 0.4) is 0 Å². The minimum absolute atomic E-state index is 0.196. The van der Waals surface area contributed by atoms with Crippen LogP contribution >= 0.6 is 15.9 Å². The second kappa shape index (κ2) is 5.17. The average Bonchev–Trinajstić information content (AvgIpc) is 2.79. The van der Waals surface area contributed by atoms with Crippen LogP contribution < -0.4 is 0 Å². The normalized spacial score (nSPS) is 16.7. The maximum absolute atomic E-state index is 13.1. The zero-order valence-corrected chi connectivity index (χ0v) is 13.1. The number of aromatic nitrogens is 2. The van der Waals surface area contributed by atoms with Gasteiger partial charge in [0.05, 0.1) is 16.1 Å². The Kier molecular flexibility index (Phi) is 3.50. The maximum atomic E-state index is 13.1. The van der Waals surface area contributed by atoms with Crippen molar-refractivity contribution in [3.63, 3.8) is 0 Å². The SMILES string of the molecule is CCn1ncc(Br)c1C(=O)C1(c2ccccc2)CCC1. The van der Waals surface area contributed by atoms with E-state index in [-0.39, 0.29) is 11.2 Å². The fourth-order valence-electron chi connectivity index (χ4n) is 2.99. The van der Waals surface area contributed by atoms with E-state index < -0.39 is 0 Å². The van der Waals surface area contributed by atoms with E-state index in [4.69, 9.17) is 0 Å². The average molecular weight is 333 g/mol. The van der Waals surface area contributed by atoms with Gasteiger partial charge in [-0.3, -0.25) is 9.48 Å². The van der Waals surface area contributed by atoms with Crippen LogP contribution in [0.15, 0.2) is 41.0 Å². The minimum Gasteiger partial charge on any atom is -0.291 e. The molecule has 4 heteroatoms. The van der Waals surface area contributed by atoms with Crippen molar-refractivity contribution >= 4 is 21.7 Å². The van der Waals surface area contributed by atoms with Crippen LogP contribution in [0.4, 0.5) is 0 Å². The van der Waals surface area contributed by atoms with Gasteiger partial charge in [0.25, 0.3) is 0 Å². The number of hydrogen-bond donors (Lipinski definition) is 0. The first-order valence-electron chi connectivity index (χ1n) is 7.00. The predicted molar refractivity (Wildman–Crippen MR) is 81.9 cm³/mol. The minimum atomic E-state index is -0.350. The van der Waals surface area contributed by atoms with Crippen molar-refractivity contribution in [1.82, 2.24) is 9.78 Å². The fourth-order valence-corrected chi connectivity index (χ4v) is 3.47. The number of carbonyl (C=O) groups is 1. The van der Waals surface area contributed by atoms with E-state index in [1.165, 1.54) is 0 Å². The van der Waals surface area contributed by atoms with Gasteiger partial charge in [0, 0.05) is 6.54 Å². The van der Waals surface area contributed by atoms with E-state index in [1.807, 2.05) is 25.1 Å². The molecule has 1 saturated carbocycles. The summed E-state index contributed by atoms with van der Waals surface area (Å²) in [5.41, 5.74) is 1.49. The number of carbonyl (C=O) groups excluding carboxylic acids is 1. The number of benzene rings is 1. The number of Topliss-reactive ketones (excluding diaryl/α,β-unsaturated/α-hetero) is 1. The number of halogens is 1. The molecular formula is C16H17BrN2O. The smallest absolute Gasteiger partial charge is 0.192 e. The number of nitrogens with zero attached hydrogens (tertiary/aromatic N) is 2. The summed E-state index contributed by atoms with van der Waals surface area (Å²) >= 11 is 3.47. The third-order valence-corrected chi connectivity index (χ3v) is 4.86. The summed E-state index contributed by atoms with van der Waals surface area (Å²) in [5.74, 6) is 0.196. The van der Waals surface area contributed by atoms with E-state index in [0.717, 1.165) is 29.3 Å². The van der Waals surface area contributed by atoms with E-state index in [2.05, 4.69) is 33.2 Å². The Balaban J connectivity index is 2.06. The van der Waals surface area contributed by atoms with Crippen LogP contribution in [-0.2, 0) is 12.0 Å². The van der Waals surface area contributed by atoms with Crippen molar-refractivity contribution < 1.29 is 4.79 Å². The first-order chi connectivity index (χ1) is 9.69. The molecule has 0 saturated heterocycles. The first kappa shape index (κ1) is 13.6. The number of aryl methyl sites for hydroxylation is 1. The Morgan fingerprint density at radius 2 is 2.05 bits per heavy atom. The molecule has 0 spiro atoms. The largest absolute Gasteiger partial charge is 0.291 e. The Morgan fingerprint density at radius 3 is 2.60 bits per heavy atom. The van der Waals surface area contributed by atoms with Gasteiger partial charge in [-0.2, -0.15) is 5.10 Å². The molecule has 0 radical (unpaired) electrons. The van der Waals surface area contributed by atoms with Crippen LogP contribution in [0.1, 0.15) is 42.2 Å². The van der Waals surface area contributed by atoms with Crippen LogP contribution in [0.25, 0.3) is 0 Å². The second-order valence-corrected chi connectivity index (χ2v) is 6.14. The molecule has 1 aromatic heterocycles. The highest BCUT2D eigenvalue weighted by atomic mass is 79.9. The molecule has 0 amide bonds. The van der Waals surface area contributed by atoms with Gasteiger partial charge in [0.1, 0.15) is 5.69 Å². The molecule has 3 rings (SSSR count). The Morgan fingerprint density at radius 1 is 1.35 bits per heavy atom. The summed E-state index contributed by atoms with van der Waals surface area (Å²) in [7, 11) is 0. The molecule has 0 bridgehead atoms. The van der Waals surface area contributed by atoms with E-state index in [9.17, 15) is 4.79 Å². The van der Waals surface area contributed by atoms with E-state index in [0.29, 0.717) is 12.2 Å². The fraction of sp³-hybridized carbons (Fsp3) is 0.375. The maximum Gasteiger partial charge on any atom is 0.192 e. The van der Waals surface area contributed by atoms with Crippen molar-refractivity contribution in [3.8, 4) is 0 Å². The monoisotopic (exact) mass is 332 g/mol. The number of rotatable bonds is 4. The van der Waals surface area contributed by atoms with Gasteiger partial charge in [0.15, 0.2) is 5.78 Å². The van der Waals surface area contributed by atoms with Gasteiger partial charge in [-0.15, -0.1) is 0 Å². The topological polar surface area (TPSA) is 34.9 Å². The van der Waals surface area contributed by atoms with Gasteiger partial charge < -0.3 is 0 Å². The first-order valence-corrected chi connectivity index (χ1v) is 7.80. The highest BCUT2D eigenvalue weighted by Crippen LogP contribution is 2.46. The summed E-state index contributed by atoms with van der Waals surface area (Å²) in [6.45, 7) is 2.71. The van der Waals surface area contributed by atoms with Gasteiger partial charge in [-0.25, -0.2) is 0 Å². The lowest BCUT2D eigenvalue weighted by molar-refractivity contribution is 0.0776. The lowest BCUT2D eigenvalue weighted by Crippen LogP contribution is -2.43. The molecule has 104 valence electrons. The molecule has 0 unspecified atom stereocenters. The standard InChI is InChI=1S/C16H17BrN2O/c1-2-19-14(13(17)11-18-19)15(20)16(9-6-10-16)12-7-4-3-5-8-12/h3-5,7-8,11H,2,6,9-10H2,1H3. The summed E-state index contributed by atoms with van der Waals surface area (Å²) in [5, 5.41) is 4.27. The van der Waals surface area contributed by atoms with Crippen molar-refractivity contribution in [1.29, 1.82) is 0 Å². The Bertz CT molecular complexity index is 629. The molecular weight excluding hydrogens is 316 g/mol. The quantitative estimate of drug-likeness (QED) is 0.794. The molecule has 20 heavy (non-hydrogen) atoms. The van der Waals surface area contributed by atoms with Crippen molar-refractivity contribution in [3.05, 3.63) is 52.3 Å². The molecule has 3 nitrogen and oxygen atoms in total. The number of hydrogen-bond acceptors (Lipinski definition) is 2. The van der Waals surface area contributed by atoms with Gasteiger partial charge >= 0.3 is 0 Å². The van der Waals surface area contributed by atoms with Crippen LogP contribution in [0.2, 0.25) is 0 Å². The third-order valence-electron chi connectivity index (χ3n) is 4.28. The molecule has 0 aliphatic heterocycles. The third kappa shape index (κ3) is 1.94. The Labute approximate surface area is 127 Å². The molecule has 1 fully saturated rings. The van der Waals surface area contributed by atoms with Gasteiger partial charge in [-0.05, 0) is 41.3 Å². The summed E-state index contributed by atoms with van der Waals surface area (Å²) in [6.07, 6.45) is 4.68. The van der Waals surface area contributed by atoms with Crippen LogP contribution in [0, 0.1) is 0 Å². The molecule has 1 aromatic carbocycles. The molecule has 1 aliphatic rings. The lowest BCUT2D eigenvalue weighted by atomic mass is 9.61. The van der Waals surface area contributed by atoms with E-state index in [1.54, 1.807) is 10.9 Å². The van der Waals surface area contributed by atoms with E-state index >= 15 is 0 Å². The highest BCUT2D eigenvalue weighted by Gasteiger charge is 2.47. The zero-order valence-electron chi connectivity index (χ0n) is 11.5. The predicted octanol–water partition coefficient (Wildman–Crippen LogP) is 3.97. The van der Waals surface area contributed by atoms with Crippen molar-refractivity contribution in [2.24, 2.45) is 0 Å². The highest BCUT2D eigenvalue weighted by molar-refractivity contribution is 9.10. The van der Waals surface area contributed by atoms with Crippen LogP contribution in [-0.4, -0.2) is 15.6 Å². The Hall–Kier alpha value is -1.42. The molecule has 1 aliphatic carbocycles. The van der Waals surface area contributed by atoms with Crippen molar-refractivity contribution in [2.45, 2.75) is 38.1 Å². The summed E-state index contributed by atoms with van der Waals surface area (Å²) < 4.78 is 2.58. The zero-order chi connectivity index (χ0) is 14.2.